The van der Waals surface area contributed by atoms with E-state index >= 15 is 0 Å². The van der Waals surface area contributed by atoms with E-state index in [0.29, 0.717) is 27.0 Å². The van der Waals surface area contributed by atoms with Crippen molar-refractivity contribution in [3.8, 4) is 22.5 Å². The molecule has 0 saturated heterocycles. The van der Waals surface area contributed by atoms with E-state index in [9.17, 15) is 0 Å². The summed E-state index contributed by atoms with van der Waals surface area (Å²) in [5.74, 6) is -0.879. The largest absolute Gasteiger partial charge is 0.275 e. The lowest BCUT2D eigenvalue weighted by Gasteiger charge is -2.30. The van der Waals surface area contributed by atoms with Crippen molar-refractivity contribution < 1.29 is 0 Å². The molecule has 0 unspecified atom stereocenters. The van der Waals surface area contributed by atoms with Gasteiger partial charge in [0.1, 0.15) is 5.82 Å². The minimum absolute atomic E-state index is 0.440. The van der Waals surface area contributed by atoms with Gasteiger partial charge >= 0.3 is 0 Å². The van der Waals surface area contributed by atoms with Crippen LogP contribution >= 0.6 is 23.2 Å². The predicted molar refractivity (Wildman–Crippen MR) is 205 cm³/mol. The third-order valence-corrected chi connectivity index (χ3v) is 9.07. The standard InChI is InChI=1S/C43H32Cl2N4/c1-3-19-34(36(44)4-2)42-46-40(32-24-13-7-14-25-32)41(33-26-15-8-16-27-33)49(42)43(35-28-17-18-29-37(35)45)47-38(30-20-9-5-10-21-30)39(48-43)31-22-11-6-12-23-31/h3-29H,2H2,1H3/b19-3-,36-34-. The molecular weight excluding hydrogens is 643 g/mol. The van der Waals surface area contributed by atoms with E-state index in [1.165, 1.54) is 0 Å². The SMILES string of the molecule is C=C/C(Cl)=C(\C=C/C)c1nc(-c2ccccc2)c(-c2ccccc2)n1C1(c2ccccc2Cl)N=C(c2ccccc2)C(c2ccccc2)=N1. The Kier molecular flexibility index (Phi) is 9.08. The number of hydrogen-bond donors (Lipinski definition) is 0. The van der Waals surface area contributed by atoms with E-state index in [2.05, 4.69) is 59.7 Å². The fraction of sp³-hybridized carbons (Fsp3) is 0.0465. The number of aliphatic imine (C=N–C) groups is 2. The van der Waals surface area contributed by atoms with E-state index in [0.717, 1.165) is 45.1 Å². The molecule has 0 spiro atoms. The normalized spacial score (nSPS) is 14.3. The quantitative estimate of drug-likeness (QED) is 0.141. The molecule has 0 N–H and O–H groups in total. The Hall–Kier alpha value is -5.55. The van der Waals surface area contributed by atoms with Crippen molar-refractivity contribution in [3.05, 3.63) is 203 Å². The molecule has 0 amide bonds. The molecule has 2 heterocycles. The first-order valence-corrected chi connectivity index (χ1v) is 16.8. The number of aromatic nitrogens is 2. The van der Waals surface area contributed by atoms with Crippen LogP contribution in [0.4, 0.5) is 0 Å². The van der Waals surface area contributed by atoms with Gasteiger partial charge in [-0.15, -0.1) is 0 Å². The molecule has 0 radical (unpaired) electrons. The fourth-order valence-corrected chi connectivity index (χ4v) is 6.62. The van der Waals surface area contributed by atoms with Crippen molar-refractivity contribution in [2.75, 3.05) is 0 Å². The molecule has 0 bridgehead atoms. The Labute approximate surface area is 296 Å². The molecule has 0 atom stereocenters. The van der Waals surface area contributed by atoms with Crippen molar-refractivity contribution in [3.63, 3.8) is 0 Å². The molecule has 1 aliphatic heterocycles. The highest BCUT2D eigenvalue weighted by Gasteiger charge is 2.46. The molecule has 7 rings (SSSR count). The first-order valence-electron chi connectivity index (χ1n) is 16.0. The highest BCUT2D eigenvalue weighted by molar-refractivity contribution is 6.54. The van der Waals surface area contributed by atoms with Crippen LogP contribution in [-0.4, -0.2) is 21.0 Å². The first kappa shape index (κ1) is 32.0. The fourth-order valence-electron chi connectivity index (χ4n) is 6.21. The molecule has 0 saturated carbocycles. The Morgan fingerprint density at radius 1 is 0.653 bits per heavy atom. The zero-order valence-electron chi connectivity index (χ0n) is 26.8. The molecule has 238 valence electrons. The van der Waals surface area contributed by atoms with Gasteiger partial charge in [0.15, 0.2) is 0 Å². The zero-order valence-corrected chi connectivity index (χ0v) is 28.4. The number of halogens is 2. The van der Waals surface area contributed by atoms with Gasteiger partial charge < -0.3 is 0 Å². The molecule has 6 aromatic rings. The van der Waals surface area contributed by atoms with Crippen LogP contribution in [0.2, 0.25) is 5.02 Å². The van der Waals surface area contributed by atoms with Gasteiger partial charge in [-0.05, 0) is 19.1 Å². The maximum atomic E-state index is 7.20. The van der Waals surface area contributed by atoms with E-state index in [1.54, 1.807) is 6.08 Å². The number of imidazole rings is 1. The molecule has 4 nitrogen and oxygen atoms in total. The van der Waals surface area contributed by atoms with Gasteiger partial charge in [0.2, 0.25) is 0 Å². The van der Waals surface area contributed by atoms with Gasteiger partial charge in [-0.2, -0.15) is 0 Å². The summed E-state index contributed by atoms with van der Waals surface area (Å²) in [7, 11) is 0. The topological polar surface area (TPSA) is 42.5 Å². The average Bonchev–Trinajstić information content (AvgIpc) is 3.76. The van der Waals surface area contributed by atoms with Crippen LogP contribution in [0.3, 0.4) is 0 Å². The number of benzene rings is 5. The van der Waals surface area contributed by atoms with Crippen molar-refractivity contribution in [2.24, 2.45) is 9.98 Å². The van der Waals surface area contributed by atoms with Crippen molar-refractivity contribution in [2.45, 2.75) is 12.7 Å². The third-order valence-electron chi connectivity index (χ3n) is 8.38. The van der Waals surface area contributed by atoms with Gasteiger partial charge in [0.25, 0.3) is 5.79 Å². The Morgan fingerprint density at radius 2 is 1.12 bits per heavy atom. The Morgan fingerprint density at radius 3 is 1.61 bits per heavy atom. The summed E-state index contributed by atoms with van der Waals surface area (Å²) in [4.78, 5) is 16.8. The summed E-state index contributed by atoms with van der Waals surface area (Å²) < 4.78 is 2.10. The molecular formula is C43H32Cl2N4. The average molecular weight is 676 g/mol. The second-order valence-electron chi connectivity index (χ2n) is 11.4. The van der Waals surface area contributed by atoms with Crippen LogP contribution in [0.15, 0.2) is 185 Å². The van der Waals surface area contributed by atoms with Crippen molar-refractivity contribution in [1.29, 1.82) is 0 Å². The summed E-state index contributed by atoms with van der Waals surface area (Å²) >= 11 is 14.2. The molecule has 49 heavy (non-hydrogen) atoms. The van der Waals surface area contributed by atoms with Crippen LogP contribution in [0.25, 0.3) is 28.1 Å². The van der Waals surface area contributed by atoms with Crippen LogP contribution in [0.5, 0.6) is 0 Å². The van der Waals surface area contributed by atoms with Gasteiger partial charge in [0.05, 0.1) is 32.9 Å². The summed E-state index contributed by atoms with van der Waals surface area (Å²) in [6, 6.07) is 48.4. The van der Waals surface area contributed by atoms with Crippen LogP contribution < -0.4 is 0 Å². The third kappa shape index (κ3) is 5.91. The highest BCUT2D eigenvalue weighted by atomic mass is 35.5. The van der Waals surface area contributed by atoms with Crippen molar-refractivity contribution >= 4 is 40.2 Å². The number of nitrogens with zero attached hydrogens (tertiary/aromatic N) is 4. The maximum Gasteiger partial charge on any atom is 0.263 e. The second-order valence-corrected chi connectivity index (χ2v) is 12.2. The molecule has 0 fully saturated rings. The van der Waals surface area contributed by atoms with E-state index in [1.807, 2.05) is 116 Å². The minimum atomic E-state index is -1.44. The number of allylic oxidation sites excluding steroid dienone is 5. The first-order chi connectivity index (χ1) is 24.1. The van der Waals surface area contributed by atoms with Crippen molar-refractivity contribution in [1.82, 2.24) is 9.55 Å². The monoisotopic (exact) mass is 674 g/mol. The summed E-state index contributed by atoms with van der Waals surface area (Å²) in [5, 5.41) is 0.957. The summed E-state index contributed by atoms with van der Waals surface area (Å²) in [5.41, 5.74) is 8.12. The number of rotatable bonds is 9. The molecule has 0 aliphatic carbocycles. The number of hydrogen-bond acceptors (Lipinski definition) is 3. The summed E-state index contributed by atoms with van der Waals surface area (Å²) in [6.45, 7) is 5.97. The molecule has 1 aromatic heterocycles. The molecule has 5 aromatic carbocycles. The van der Waals surface area contributed by atoms with Gasteiger partial charge in [-0.3, -0.25) is 4.57 Å². The summed E-state index contributed by atoms with van der Waals surface area (Å²) in [6.07, 6.45) is 5.53. The van der Waals surface area contributed by atoms with Crippen LogP contribution in [-0.2, 0) is 5.79 Å². The van der Waals surface area contributed by atoms with Gasteiger partial charge in [-0.1, -0.05) is 181 Å². The predicted octanol–water partition coefficient (Wildman–Crippen LogP) is 11.2. The highest BCUT2D eigenvalue weighted by Crippen LogP contribution is 2.47. The molecule has 6 heteroatoms. The van der Waals surface area contributed by atoms with E-state index < -0.39 is 5.79 Å². The minimum Gasteiger partial charge on any atom is -0.275 e. The van der Waals surface area contributed by atoms with E-state index in [4.69, 9.17) is 38.2 Å². The Balaban J connectivity index is 1.73. The smallest absolute Gasteiger partial charge is 0.263 e. The maximum absolute atomic E-state index is 7.20. The van der Waals surface area contributed by atoms with E-state index in [-0.39, 0.29) is 0 Å². The van der Waals surface area contributed by atoms with Crippen LogP contribution in [0.1, 0.15) is 29.4 Å². The second kappa shape index (κ2) is 13.9. The lowest BCUT2D eigenvalue weighted by molar-refractivity contribution is 0.401. The zero-order chi connectivity index (χ0) is 33.8. The lowest BCUT2D eigenvalue weighted by Crippen LogP contribution is -2.32. The van der Waals surface area contributed by atoms with Gasteiger partial charge in [0, 0.05) is 33.4 Å². The lowest BCUT2D eigenvalue weighted by atomic mass is 10.0. The Bertz CT molecular complexity index is 2190. The van der Waals surface area contributed by atoms with Gasteiger partial charge in [-0.25, -0.2) is 15.0 Å². The van der Waals surface area contributed by atoms with Crippen LogP contribution in [0, 0.1) is 0 Å². The molecule has 1 aliphatic rings.